The Hall–Kier alpha value is -1.74. The first-order valence-electron chi connectivity index (χ1n) is 5.24. The molecule has 0 saturated heterocycles. The van der Waals surface area contributed by atoms with Crippen molar-refractivity contribution in [1.29, 1.82) is 0 Å². The minimum Gasteiger partial charge on any atom is -0.378 e. The van der Waals surface area contributed by atoms with E-state index < -0.39 is 0 Å². The Kier molecular flexibility index (Phi) is 3.20. The number of benzene rings is 1. The normalized spacial score (nSPS) is 10.3. The standard InChI is InChI=1S/C13H13ClN2O/c1-16(2)10-5-3-9(4-6-10)12-8-7-11(14)13(17)15-12/h3-8H,1-2H3,(H,15,17). The highest BCUT2D eigenvalue weighted by atomic mass is 35.5. The van der Waals surface area contributed by atoms with E-state index in [9.17, 15) is 4.79 Å². The van der Waals surface area contributed by atoms with Crippen LogP contribution in [0.2, 0.25) is 5.02 Å². The highest BCUT2D eigenvalue weighted by molar-refractivity contribution is 6.30. The van der Waals surface area contributed by atoms with Crippen LogP contribution in [-0.2, 0) is 0 Å². The highest BCUT2D eigenvalue weighted by Gasteiger charge is 2.02. The molecule has 1 aromatic heterocycles. The Labute approximate surface area is 105 Å². The van der Waals surface area contributed by atoms with Gasteiger partial charge in [-0.2, -0.15) is 0 Å². The predicted molar refractivity (Wildman–Crippen MR) is 71.8 cm³/mol. The molecule has 0 aliphatic heterocycles. The van der Waals surface area contributed by atoms with Crippen LogP contribution >= 0.6 is 11.6 Å². The van der Waals surface area contributed by atoms with Crippen molar-refractivity contribution in [3.05, 3.63) is 51.8 Å². The Morgan fingerprint density at radius 1 is 1.06 bits per heavy atom. The lowest BCUT2D eigenvalue weighted by atomic mass is 10.1. The smallest absolute Gasteiger partial charge is 0.267 e. The molecule has 1 aromatic carbocycles. The van der Waals surface area contributed by atoms with Gasteiger partial charge in [0.2, 0.25) is 0 Å². The first-order chi connectivity index (χ1) is 8.08. The molecule has 88 valence electrons. The minimum atomic E-state index is -0.263. The lowest BCUT2D eigenvalue weighted by Gasteiger charge is -2.12. The highest BCUT2D eigenvalue weighted by Crippen LogP contribution is 2.20. The minimum absolute atomic E-state index is 0.207. The van der Waals surface area contributed by atoms with Gasteiger partial charge in [0.05, 0.1) is 0 Å². The Morgan fingerprint density at radius 2 is 1.71 bits per heavy atom. The molecule has 0 saturated carbocycles. The van der Waals surface area contributed by atoms with E-state index in [1.807, 2.05) is 43.3 Å². The van der Waals surface area contributed by atoms with Crippen LogP contribution in [0.15, 0.2) is 41.2 Å². The largest absolute Gasteiger partial charge is 0.378 e. The molecule has 0 fully saturated rings. The number of nitrogens with zero attached hydrogens (tertiary/aromatic N) is 1. The van der Waals surface area contributed by atoms with Gasteiger partial charge in [-0.05, 0) is 29.8 Å². The van der Waals surface area contributed by atoms with Crippen molar-refractivity contribution in [2.45, 2.75) is 0 Å². The van der Waals surface area contributed by atoms with E-state index in [-0.39, 0.29) is 10.6 Å². The third-order valence-corrected chi connectivity index (χ3v) is 2.85. The molecular formula is C13H13ClN2O. The second kappa shape index (κ2) is 4.63. The van der Waals surface area contributed by atoms with Gasteiger partial charge in [0, 0.05) is 25.5 Å². The van der Waals surface area contributed by atoms with E-state index in [0.29, 0.717) is 0 Å². The number of halogens is 1. The fourth-order valence-corrected chi connectivity index (χ4v) is 1.67. The summed E-state index contributed by atoms with van der Waals surface area (Å²) in [4.78, 5) is 16.2. The fraction of sp³-hybridized carbons (Fsp3) is 0.154. The second-order valence-electron chi connectivity index (χ2n) is 3.99. The molecule has 0 atom stereocenters. The number of anilines is 1. The Morgan fingerprint density at radius 3 is 2.24 bits per heavy atom. The molecule has 0 spiro atoms. The van der Waals surface area contributed by atoms with Crippen molar-refractivity contribution in [2.75, 3.05) is 19.0 Å². The maximum absolute atomic E-state index is 11.4. The van der Waals surface area contributed by atoms with Crippen LogP contribution in [0.25, 0.3) is 11.3 Å². The third-order valence-electron chi connectivity index (χ3n) is 2.56. The van der Waals surface area contributed by atoms with Gasteiger partial charge in [0.15, 0.2) is 0 Å². The van der Waals surface area contributed by atoms with E-state index in [1.165, 1.54) is 0 Å². The average molecular weight is 249 g/mol. The van der Waals surface area contributed by atoms with Gasteiger partial charge in [-0.15, -0.1) is 0 Å². The quantitative estimate of drug-likeness (QED) is 0.887. The number of aromatic amines is 1. The van der Waals surface area contributed by atoms with E-state index in [0.717, 1.165) is 16.9 Å². The van der Waals surface area contributed by atoms with Crippen molar-refractivity contribution in [1.82, 2.24) is 4.98 Å². The zero-order chi connectivity index (χ0) is 12.4. The molecule has 4 heteroatoms. The van der Waals surface area contributed by atoms with Crippen LogP contribution in [0.3, 0.4) is 0 Å². The van der Waals surface area contributed by atoms with Crippen LogP contribution in [0, 0.1) is 0 Å². The number of rotatable bonds is 2. The summed E-state index contributed by atoms with van der Waals surface area (Å²) in [5.41, 5.74) is 2.58. The van der Waals surface area contributed by atoms with Gasteiger partial charge < -0.3 is 9.88 Å². The molecule has 17 heavy (non-hydrogen) atoms. The number of nitrogens with one attached hydrogen (secondary N) is 1. The summed E-state index contributed by atoms with van der Waals surface area (Å²) in [6, 6.07) is 11.3. The van der Waals surface area contributed by atoms with E-state index >= 15 is 0 Å². The van der Waals surface area contributed by atoms with Crippen molar-refractivity contribution >= 4 is 17.3 Å². The molecule has 0 amide bonds. The lowest BCUT2D eigenvalue weighted by molar-refractivity contribution is 1.13. The van der Waals surface area contributed by atoms with Crippen molar-refractivity contribution in [2.24, 2.45) is 0 Å². The molecule has 1 heterocycles. The maximum Gasteiger partial charge on any atom is 0.267 e. The summed E-state index contributed by atoms with van der Waals surface area (Å²) in [5.74, 6) is 0. The molecule has 0 aliphatic rings. The Balaban J connectivity index is 2.40. The number of H-pyrrole nitrogens is 1. The summed E-state index contributed by atoms with van der Waals surface area (Å²) in [7, 11) is 3.97. The van der Waals surface area contributed by atoms with Gasteiger partial charge in [-0.25, -0.2) is 0 Å². The van der Waals surface area contributed by atoms with Crippen LogP contribution in [0.4, 0.5) is 5.69 Å². The first-order valence-corrected chi connectivity index (χ1v) is 5.62. The van der Waals surface area contributed by atoms with Crippen molar-refractivity contribution in [3.63, 3.8) is 0 Å². The molecule has 0 bridgehead atoms. The Bertz CT molecular complexity index is 573. The predicted octanol–water partition coefficient (Wildman–Crippen LogP) is 2.76. The monoisotopic (exact) mass is 248 g/mol. The molecule has 0 radical (unpaired) electrons. The molecule has 1 N–H and O–H groups in total. The average Bonchev–Trinajstić information content (AvgIpc) is 2.33. The lowest BCUT2D eigenvalue weighted by Crippen LogP contribution is -2.08. The maximum atomic E-state index is 11.4. The van der Waals surface area contributed by atoms with Crippen molar-refractivity contribution in [3.8, 4) is 11.3 Å². The summed E-state index contributed by atoms with van der Waals surface area (Å²) < 4.78 is 0. The van der Waals surface area contributed by atoms with Gasteiger partial charge in [0.25, 0.3) is 5.56 Å². The topological polar surface area (TPSA) is 36.1 Å². The van der Waals surface area contributed by atoms with E-state index in [2.05, 4.69) is 4.98 Å². The van der Waals surface area contributed by atoms with Gasteiger partial charge in [-0.3, -0.25) is 4.79 Å². The SMILES string of the molecule is CN(C)c1ccc(-c2ccc(Cl)c(=O)[nH]2)cc1. The number of aromatic nitrogens is 1. The summed E-state index contributed by atoms with van der Waals surface area (Å²) in [6.07, 6.45) is 0. The zero-order valence-electron chi connectivity index (χ0n) is 9.70. The second-order valence-corrected chi connectivity index (χ2v) is 4.40. The summed E-state index contributed by atoms with van der Waals surface area (Å²) >= 11 is 5.68. The number of hydrogen-bond donors (Lipinski definition) is 1. The van der Waals surface area contributed by atoms with Crippen LogP contribution < -0.4 is 10.5 Å². The van der Waals surface area contributed by atoms with Crippen LogP contribution in [-0.4, -0.2) is 19.1 Å². The summed E-state index contributed by atoms with van der Waals surface area (Å²) in [5, 5.41) is 0.207. The summed E-state index contributed by atoms with van der Waals surface area (Å²) in [6.45, 7) is 0. The third kappa shape index (κ3) is 2.50. The molecule has 0 aliphatic carbocycles. The van der Waals surface area contributed by atoms with E-state index in [4.69, 9.17) is 11.6 Å². The van der Waals surface area contributed by atoms with Crippen molar-refractivity contribution < 1.29 is 0 Å². The molecule has 0 unspecified atom stereocenters. The van der Waals surface area contributed by atoms with Crippen LogP contribution in [0.1, 0.15) is 0 Å². The van der Waals surface area contributed by atoms with Crippen LogP contribution in [0.5, 0.6) is 0 Å². The number of hydrogen-bond acceptors (Lipinski definition) is 2. The van der Waals surface area contributed by atoms with Gasteiger partial charge in [-0.1, -0.05) is 23.7 Å². The van der Waals surface area contributed by atoms with E-state index in [1.54, 1.807) is 12.1 Å². The molecule has 2 aromatic rings. The zero-order valence-corrected chi connectivity index (χ0v) is 10.5. The number of pyridine rings is 1. The van der Waals surface area contributed by atoms with Gasteiger partial charge in [0.1, 0.15) is 5.02 Å². The fourth-order valence-electron chi connectivity index (χ4n) is 1.56. The first kappa shape index (κ1) is 11.7. The van der Waals surface area contributed by atoms with Gasteiger partial charge >= 0.3 is 0 Å². The molecular weight excluding hydrogens is 236 g/mol. The molecule has 3 nitrogen and oxygen atoms in total. The molecule has 2 rings (SSSR count).